The fourth-order valence-corrected chi connectivity index (χ4v) is 2.49. The molecule has 3 rings (SSSR count). The summed E-state index contributed by atoms with van der Waals surface area (Å²) in [5.41, 5.74) is 2.37. The van der Waals surface area contributed by atoms with Crippen LogP contribution in [0.15, 0.2) is 51.3 Å². The van der Waals surface area contributed by atoms with Gasteiger partial charge in [0.1, 0.15) is 11.5 Å². The minimum absolute atomic E-state index is 0.957. The lowest BCUT2D eigenvalue weighted by Crippen LogP contribution is -2.07. The minimum Gasteiger partial charge on any atom is -0.456 e. The Hall–Kier alpha value is -1.03. The molecule has 0 unspecified atom stereocenters. The molecule has 0 amide bonds. The maximum Gasteiger partial charge on any atom is 0.134 e. The van der Waals surface area contributed by atoms with Crippen LogP contribution in [0.3, 0.4) is 0 Å². The molecule has 1 aromatic carbocycles. The quantitative estimate of drug-likeness (QED) is 0.657. The molecule has 0 fully saturated rings. The van der Waals surface area contributed by atoms with Crippen LogP contribution in [0.1, 0.15) is 12.0 Å². The Morgan fingerprint density at radius 2 is 2.00 bits per heavy atom. The van der Waals surface area contributed by atoms with Crippen molar-refractivity contribution in [2.75, 3.05) is 0 Å². The van der Waals surface area contributed by atoms with Crippen molar-refractivity contribution in [3.05, 3.63) is 56.9 Å². The normalized spacial score (nSPS) is 17.8. The van der Waals surface area contributed by atoms with Crippen molar-refractivity contribution in [2.45, 2.75) is 6.42 Å². The van der Waals surface area contributed by atoms with Crippen molar-refractivity contribution >= 4 is 28.7 Å². The minimum atomic E-state index is 0.957. The third-order valence-electron chi connectivity index (χ3n) is 2.56. The molecule has 0 radical (unpaired) electrons. The molecule has 2 aliphatic rings. The molecule has 0 atom stereocenters. The zero-order valence-electron chi connectivity index (χ0n) is 8.03. The van der Waals surface area contributed by atoms with Gasteiger partial charge in [-0.15, -0.1) is 0 Å². The van der Waals surface area contributed by atoms with E-state index in [1.807, 2.05) is 18.2 Å². The predicted molar refractivity (Wildman–Crippen MR) is 69.9 cm³/mol. The molecule has 0 spiro atoms. The van der Waals surface area contributed by atoms with Gasteiger partial charge in [0.05, 0.1) is 0 Å². The van der Waals surface area contributed by atoms with Crippen LogP contribution in [-0.4, -0.2) is 0 Å². The van der Waals surface area contributed by atoms with Crippen LogP contribution < -0.4 is 4.74 Å². The Morgan fingerprint density at radius 1 is 1.13 bits per heavy atom. The summed E-state index contributed by atoms with van der Waals surface area (Å²) in [6.07, 6.45) is 7.51. The largest absolute Gasteiger partial charge is 0.456 e. The van der Waals surface area contributed by atoms with Crippen LogP contribution in [0.5, 0.6) is 5.75 Å². The Bertz CT molecular complexity index is 509. The second-order valence-corrected chi connectivity index (χ2v) is 4.72. The fraction of sp³-hybridized carbons (Fsp3) is 0.0769. The van der Waals surface area contributed by atoms with E-state index in [0.717, 1.165) is 23.5 Å². The SMILES string of the molecule is IC1=CCC=C2Oc3ccccc3C=C12. The predicted octanol–water partition coefficient (Wildman–Crippen LogP) is 4.07. The number of ether oxygens (including phenoxy) is 1. The van der Waals surface area contributed by atoms with E-state index in [0.29, 0.717) is 0 Å². The number of para-hydroxylation sites is 1. The number of hydrogen-bond acceptors (Lipinski definition) is 1. The summed E-state index contributed by atoms with van der Waals surface area (Å²) in [6.45, 7) is 0. The lowest BCUT2D eigenvalue weighted by molar-refractivity contribution is 0.430. The summed E-state index contributed by atoms with van der Waals surface area (Å²) in [7, 11) is 0. The molecule has 0 saturated carbocycles. The first-order valence-electron chi connectivity index (χ1n) is 4.90. The number of benzene rings is 1. The number of rotatable bonds is 0. The number of halogens is 1. The van der Waals surface area contributed by atoms with E-state index >= 15 is 0 Å². The molecule has 1 aliphatic carbocycles. The molecule has 1 aromatic rings. The van der Waals surface area contributed by atoms with Gasteiger partial charge in [-0.25, -0.2) is 0 Å². The third kappa shape index (κ3) is 1.53. The van der Waals surface area contributed by atoms with Gasteiger partial charge in [0.2, 0.25) is 0 Å². The van der Waals surface area contributed by atoms with Crippen LogP contribution in [0.4, 0.5) is 0 Å². The van der Waals surface area contributed by atoms with Crippen molar-refractivity contribution in [2.24, 2.45) is 0 Å². The van der Waals surface area contributed by atoms with Crippen molar-refractivity contribution in [1.82, 2.24) is 0 Å². The molecule has 15 heavy (non-hydrogen) atoms. The summed E-state index contributed by atoms with van der Waals surface area (Å²) in [5.74, 6) is 1.96. The van der Waals surface area contributed by atoms with Crippen LogP contribution in [0.2, 0.25) is 0 Å². The first-order chi connectivity index (χ1) is 7.34. The van der Waals surface area contributed by atoms with Gasteiger partial charge in [0, 0.05) is 14.7 Å². The highest BCUT2D eigenvalue weighted by atomic mass is 127. The molecule has 0 aromatic heterocycles. The number of allylic oxidation sites excluding steroid dienone is 3. The molecule has 0 saturated heterocycles. The number of hydrogen-bond donors (Lipinski definition) is 0. The molecule has 1 aliphatic heterocycles. The van der Waals surface area contributed by atoms with Crippen LogP contribution in [-0.2, 0) is 0 Å². The van der Waals surface area contributed by atoms with E-state index in [9.17, 15) is 0 Å². The zero-order valence-corrected chi connectivity index (χ0v) is 10.2. The zero-order chi connectivity index (χ0) is 10.3. The van der Waals surface area contributed by atoms with E-state index in [4.69, 9.17) is 4.74 Å². The highest BCUT2D eigenvalue weighted by Crippen LogP contribution is 2.38. The van der Waals surface area contributed by atoms with Crippen molar-refractivity contribution in [3.8, 4) is 5.75 Å². The second kappa shape index (κ2) is 3.52. The topological polar surface area (TPSA) is 9.23 Å². The van der Waals surface area contributed by atoms with Crippen LogP contribution in [0, 0.1) is 0 Å². The summed E-state index contributed by atoms with van der Waals surface area (Å²) in [6, 6.07) is 8.13. The molecular weight excluding hydrogens is 299 g/mol. The summed E-state index contributed by atoms with van der Waals surface area (Å²) in [4.78, 5) is 0. The Kier molecular flexibility index (Phi) is 2.16. The van der Waals surface area contributed by atoms with Crippen LogP contribution >= 0.6 is 22.6 Å². The molecule has 1 nitrogen and oxygen atoms in total. The summed E-state index contributed by atoms with van der Waals surface area (Å²) >= 11 is 2.36. The van der Waals surface area contributed by atoms with E-state index in [2.05, 4.69) is 46.9 Å². The van der Waals surface area contributed by atoms with Gasteiger partial charge in [0.15, 0.2) is 0 Å². The Morgan fingerprint density at radius 3 is 2.93 bits per heavy atom. The van der Waals surface area contributed by atoms with E-state index < -0.39 is 0 Å². The average Bonchev–Trinajstić information content (AvgIpc) is 2.27. The molecule has 2 heteroatoms. The van der Waals surface area contributed by atoms with E-state index in [1.165, 1.54) is 9.15 Å². The van der Waals surface area contributed by atoms with E-state index in [-0.39, 0.29) is 0 Å². The second-order valence-electron chi connectivity index (χ2n) is 3.55. The lowest BCUT2D eigenvalue weighted by atomic mass is 10.0. The molecule has 0 bridgehead atoms. The van der Waals surface area contributed by atoms with Crippen molar-refractivity contribution < 1.29 is 4.74 Å². The first kappa shape index (κ1) is 9.21. The Labute approximate surface area is 102 Å². The van der Waals surface area contributed by atoms with Gasteiger partial charge in [-0.05, 0) is 47.2 Å². The van der Waals surface area contributed by atoms with Gasteiger partial charge in [0.25, 0.3) is 0 Å². The van der Waals surface area contributed by atoms with Gasteiger partial charge in [-0.2, -0.15) is 0 Å². The van der Waals surface area contributed by atoms with Gasteiger partial charge in [-0.1, -0.05) is 24.3 Å². The summed E-state index contributed by atoms with van der Waals surface area (Å²) < 4.78 is 7.13. The molecule has 1 heterocycles. The van der Waals surface area contributed by atoms with Gasteiger partial charge < -0.3 is 4.74 Å². The fourth-order valence-electron chi connectivity index (χ4n) is 1.81. The first-order valence-corrected chi connectivity index (χ1v) is 5.97. The molecular formula is C13H9IO. The monoisotopic (exact) mass is 308 g/mol. The third-order valence-corrected chi connectivity index (χ3v) is 3.58. The maximum absolute atomic E-state index is 5.85. The molecule has 74 valence electrons. The molecule has 0 N–H and O–H groups in total. The van der Waals surface area contributed by atoms with Gasteiger partial charge >= 0.3 is 0 Å². The van der Waals surface area contributed by atoms with Crippen molar-refractivity contribution in [1.29, 1.82) is 0 Å². The average molecular weight is 308 g/mol. The number of fused-ring (bicyclic) bond motifs is 2. The highest BCUT2D eigenvalue weighted by molar-refractivity contribution is 14.1. The van der Waals surface area contributed by atoms with Gasteiger partial charge in [-0.3, -0.25) is 0 Å². The maximum atomic E-state index is 5.85. The summed E-state index contributed by atoms with van der Waals surface area (Å²) in [5, 5.41) is 0. The smallest absolute Gasteiger partial charge is 0.134 e. The standard InChI is InChI=1S/C13H9IO/c14-11-5-3-7-13-10(11)8-9-4-1-2-6-12(9)15-13/h1-2,4-8H,3H2. The van der Waals surface area contributed by atoms with Crippen molar-refractivity contribution in [3.63, 3.8) is 0 Å². The highest BCUT2D eigenvalue weighted by Gasteiger charge is 2.20. The van der Waals surface area contributed by atoms with Crippen LogP contribution in [0.25, 0.3) is 6.08 Å². The van der Waals surface area contributed by atoms with E-state index in [1.54, 1.807) is 0 Å². The lowest BCUT2D eigenvalue weighted by Gasteiger charge is -2.22. The Balaban J connectivity index is 2.18.